The number of para-hydroxylation sites is 2. The standard InChI is InChI=1S/C29H24FN7O2/c1-17(2)39-23-13-12-18(14-21(23)30)26-25-27(31)32-16-33-28(25)36(35-26)15-24-34-22-11-7-6-10-20(22)29(38)37(24)19-8-4-3-5-9-19/h3-14,16-17H,15H2,1-2H3,(H2,31,32,33). The van der Waals surface area contributed by atoms with Gasteiger partial charge in [0.2, 0.25) is 0 Å². The van der Waals surface area contributed by atoms with Crippen molar-refractivity contribution in [3.05, 3.63) is 101 Å². The topological polar surface area (TPSA) is 114 Å². The lowest BCUT2D eigenvalue weighted by Gasteiger charge is -2.14. The molecule has 10 heteroatoms. The number of nitrogens with zero attached hydrogens (tertiary/aromatic N) is 6. The summed E-state index contributed by atoms with van der Waals surface area (Å²) in [5.41, 5.74) is 8.63. The predicted octanol–water partition coefficient (Wildman–Crippen LogP) is 4.75. The normalized spacial score (nSPS) is 11.5. The van der Waals surface area contributed by atoms with Gasteiger partial charge in [0.15, 0.2) is 17.2 Å². The quantitative estimate of drug-likeness (QED) is 0.336. The molecule has 0 aliphatic rings. The summed E-state index contributed by atoms with van der Waals surface area (Å²) in [7, 11) is 0. The van der Waals surface area contributed by atoms with E-state index in [2.05, 4.69) is 9.97 Å². The second kappa shape index (κ2) is 9.64. The SMILES string of the molecule is CC(C)Oc1ccc(-c2nn(Cc3nc4ccccc4c(=O)n3-c3ccccc3)c3ncnc(N)c23)cc1F. The minimum absolute atomic E-state index is 0.0962. The van der Waals surface area contributed by atoms with Gasteiger partial charge in [-0.25, -0.2) is 24.0 Å². The Labute approximate surface area is 222 Å². The lowest BCUT2D eigenvalue weighted by Crippen LogP contribution is -2.25. The largest absolute Gasteiger partial charge is 0.488 e. The number of benzene rings is 3. The van der Waals surface area contributed by atoms with Crippen LogP contribution in [0.15, 0.2) is 83.9 Å². The molecular formula is C29H24FN7O2. The Balaban J connectivity index is 1.54. The molecule has 0 spiro atoms. The van der Waals surface area contributed by atoms with Crippen molar-refractivity contribution in [1.29, 1.82) is 0 Å². The molecule has 0 atom stereocenters. The van der Waals surface area contributed by atoms with E-state index in [1.807, 2.05) is 56.3 Å². The Morgan fingerprint density at radius 1 is 1.00 bits per heavy atom. The molecule has 2 N–H and O–H groups in total. The van der Waals surface area contributed by atoms with Gasteiger partial charge >= 0.3 is 0 Å². The van der Waals surface area contributed by atoms with Gasteiger partial charge in [0.05, 0.1) is 28.1 Å². The Morgan fingerprint density at radius 2 is 1.77 bits per heavy atom. The molecule has 0 aliphatic carbocycles. The van der Waals surface area contributed by atoms with Crippen molar-refractivity contribution in [2.75, 3.05) is 5.73 Å². The number of aromatic nitrogens is 6. The minimum atomic E-state index is -0.520. The number of hydrogen-bond donors (Lipinski definition) is 1. The highest BCUT2D eigenvalue weighted by Gasteiger charge is 2.21. The van der Waals surface area contributed by atoms with Crippen molar-refractivity contribution in [3.8, 4) is 22.7 Å². The molecule has 0 radical (unpaired) electrons. The van der Waals surface area contributed by atoms with Gasteiger partial charge in [-0.1, -0.05) is 30.3 Å². The number of anilines is 1. The summed E-state index contributed by atoms with van der Waals surface area (Å²) in [5.74, 6) is 0.281. The molecule has 0 aliphatic heterocycles. The van der Waals surface area contributed by atoms with E-state index in [-0.39, 0.29) is 29.8 Å². The number of hydrogen-bond acceptors (Lipinski definition) is 7. The van der Waals surface area contributed by atoms with Gasteiger partial charge in [-0.05, 0) is 56.3 Å². The molecule has 0 unspecified atom stereocenters. The van der Waals surface area contributed by atoms with Crippen molar-refractivity contribution in [2.45, 2.75) is 26.5 Å². The van der Waals surface area contributed by atoms with Crippen LogP contribution < -0.4 is 16.0 Å². The molecule has 194 valence electrons. The van der Waals surface area contributed by atoms with E-state index in [1.54, 1.807) is 33.5 Å². The van der Waals surface area contributed by atoms with E-state index in [0.717, 1.165) is 0 Å². The van der Waals surface area contributed by atoms with Crippen molar-refractivity contribution >= 4 is 27.8 Å². The van der Waals surface area contributed by atoms with Gasteiger partial charge < -0.3 is 10.5 Å². The maximum Gasteiger partial charge on any atom is 0.266 e. The number of nitrogen functional groups attached to an aromatic ring is 1. The maximum atomic E-state index is 14.9. The first-order valence-electron chi connectivity index (χ1n) is 12.4. The summed E-state index contributed by atoms with van der Waals surface area (Å²) >= 11 is 0. The van der Waals surface area contributed by atoms with Crippen molar-refractivity contribution in [3.63, 3.8) is 0 Å². The average Bonchev–Trinajstić information content (AvgIpc) is 3.30. The van der Waals surface area contributed by atoms with Crippen LogP contribution in [-0.4, -0.2) is 35.4 Å². The number of nitrogens with two attached hydrogens (primary N) is 1. The third-order valence-corrected chi connectivity index (χ3v) is 6.28. The molecule has 9 nitrogen and oxygen atoms in total. The Bertz CT molecular complexity index is 1900. The van der Waals surface area contributed by atoms with E-state index < -0.39 is 5.82 Å². The summed E-state index contributed by atoms with van der Waals surface area (Å²) < 4.78 is 23.6. The van der Waals surface area contributed by atoms with Crippen LogP contribution in [0.1, 0.15) is 19.7 Å². The van der Waals surface area contributed by atoms with Crippen LogP contribution >= 0.6 is 0 Å². The van der Waals surface area contributed by atoms with E-state index in [9.17, 15) is 9.18 Å². The Hall–Kier alpha value is -5.12. The molecule has 3 aromatic heterocycles. The van der Waals surface area contributed by atoms with E-state index >= 15 is 0 Å². The van der Waals surface area contributed by atoms with Crippen molar-refractivity contribution in [1.82, 2.24) is 29.3 Å². The zero-order valence-electron chi connectivity index (χ0n) is 21.2. The van der Waals surface area contributed by atoms with Crippen LogP contribution in [0.5, 0.6) is 5.75 Å². The fourth-order valence-electron chi connectivity index (χ4n) is 4.60. The van der Waals surface area contributed by atoms with E-state index in [0.29, 0.717) is 44.7 Å². The molecule has 39 heavy (non-hydrogen) atoms. The predicted molar refractivity (Wildman–Crippen MR) is 147 cm³/mol. The van der Waals surface area contributed by atoms with Crippen molar-refractivity contribution < 1.29 is 9.13 Å². The number of ether oxygens (including phenoxy) is 1. The van der Waals surface area contributed by atoms with Crippen LogP contribution in [0, 0.1) is 5.82 Å². The van der Waals surface area contributed by atoms with Gasteiger partial charge in [0.25, 0.3) is 5.56 Å². The van der Waals surface area contributed by atoms with E-state index in [1.165, 1.54) is 12.4 Å². The van der Waals surface area contributed by atoms with Gasteiger partial charge in [0.1, 0.15) is 30.2 Å². The van der Waals surface area contributed by atoms with Crippen LogP contribution in [0.4, 0.5) is 10.2 Å². The number of rotatable bonds is 6. The smallest absolute Gasteiger partial charge is 0.266 e. The zero-order valence-corrected chi connectivity index (χ0v) is 21.2. The van der Waals surface area contributed by atoms with Crippen LogP contribution in [0.2, 0.25) is 0 Å². The summed E-state index contributed by atoms with van der Waals surface area (Å²) in [5, 5.41) is 5.74. The molecule has 6 rings (SSSR count). The molecule has 0 fully saturated rings. The molecule has 3 aromatic carbocycles. The maximum absolute atomic E-state index is 14.9. The van der Waals surface area contributed by atoms with Gasteiger partial charge in [-0.2, -0.15) is 5.10 Å². The summed E-state index contributed by atoms with van der Waals surface area (Å²) in [4.78, 5) is 27.0. The van der Waals surface area contributed by atoms with Gasteiger partial charge in [0, 0.05) is 5.56 Å². The number of halogens is 1. The lowest BCUT2D eigenvalue weighted by atomic mass is 10.1. The van der Waals surface area contributed by atoms with Crippen LogP contribution in [-0.2, 0) is 6.54 Å². The highest BCUT2D eigenvalue weighted by Crippen LogP contribution is 2.33. The van der Waals surface area contributed by atoms with Crippen molar-refractivity contribution in [2.24, 2.45) is 0 Å². The zero-order chi connectivity index (χ0) is 27.1. The molecule has 0 saturated carbocycles. The molecule has 6 aromatic rings. The second-order valence-electron chi connectivity index (χ2n) is 9.30. The fourth-order valence-corrected chi connectivity index (χ4v) is 4.60. The minimum Gasteiger partial charge on any atom is -0.488 e. The Morgan fingerprint density at radius 3 is 2.54 bits per heavy atom. The van der Waals surface area contributed by atoms with Crippen LogP contribution in [0.3, 0.4) is 0 Å². The Kier molecular flexibility index (Phi) is 5.99. The monoisotopic (exact) mass is 521 g/mol. The summed E-state index contributed by atoms with van der Waals surface area (Å²) in [6.45, 7) is 3.76. The van der Waals surface area contributed by atoms with E-state index in [4.69, 9.17) is 20.6 Å². The average molecular weight is 522 g/mol. The molecular weight excluding hydrogens is 497 g/mol. The third-order valence-electron chi connectivity index (χ3n) is 6.28. The van der Waals surface area contributed by atoms with Gasteiger partial charge in [-0.15, -0.1) is 0 Å². The molecule has 3 heterocycles. The summed E-state index contributed by atoms with van der Waals surface area (Å²) in [6.07, 6.45) is 1.17. The second-order valence-corrected chi connectivity index (χ2v) is 9.30. The third kappa shape index (κ3) is 4.35. The summed E-state index contributed by atoms with van der Waals surface area (Å²) in [6, 6.07) is 21.1. The lowest BCUT2D eigenvalue weighted by molar-refractivity contribution is 0.231. The highest BCUT2D eigenvalue weighted by molar-refractivity contribution is 5.98. The first kappa shape index (κ1) is 24.2. The molecule has 0 amide bonds. The molecule has 0 saturated heterocycles. The van der Waals surface area contributed by atoms with Crippen LogP contribution in [0.25, 0.3) is 38.9 Å². The molecule has 0 bridgehead atoms. The van der Waals surface area contributed by atoms with Gasteiger partial charge in [-0.3, -0.25) is 9.36 Å². The fraction of sp³-hybridized carbons (Fsp3) is 0.138. The first-order chi connectivity index (χ1) is 18.9. The number of fused-ring (bicyclic) bond motifs is 2. The highest BCUT2D eigenvalue weighted by atomic mass is 19.1. The first-order valence-corrected chi connectivity index (χ1v) is 12.4.